The Bertz CT molecular complexity index is 972. The molecule has 0 bridgehead atoms. The molecule has 2 aliphatic rings. The number of hydrazine groups is 1. The fourth-order valence-electron chi connectivity index (χ4n) is 5.40. The van der Waals surface area contributed by atoms with Crippen molar-refractivity contribution in [2.24, 2.45) is 5.84 Å². The summed E-state index contributed by atoms with van der Waals surface area (Å²) >= 11 is 0. The van der Waals surface area contributed by atoms with Crippen LogP contribution in [0.5, 0.6) is 0 Å². The number of fused-ring (bicyclic) bond motifs is 3. The zero-order chi connectivity index (χ0) is 22.0. The summed E-state index contributed by atoms with van der Waals surface area (Å²) in [6.45, 7) is 0.186. The second kappa shape index (κ2) is 8.98. The Balaban J connectivity index is 1.62. The number of carboxylic acids is 1. The number of H-pyrrole nitrogens is 1. The number of rotatable bonds is 8. The number of aryl methyl sites for hydroxylation is 1. The van der Waals surface area contributed by atoms with Crippen LogP contribution in [0.3, 0.4) is 0 Å². The number of nitrogens with one attached hydrogen (secondary N) is 2. The molecular formula is C23H31N3O5. The van der Waals surface area contributed by atoms with Crippen molar-refractivity contribution >= 4 is 22.8 Å². The molecule has 1 heterocycles. The van der Waals surface area contributed by atoms with Crippen molar-refractivity contribution in [3.8, 4) is 0 Å². The van der Waals surface area contributed by atoms with Gasteiger partial charge in [0.1, 0.15) is 0 Å². The summed E-state index contributed by atoms with van der Waals surface area (Å²) in [4.78, 5) is 26.7. The number of carbonyl (C=O) groups excluding carboxylic acids is 1. The topological polar surface area (TPSA) is 127 Å². The maximum atomic E-state index is 12.4. The van der Waals surface area contributed by atoms with Gasteiger partial charge in [0.25, 0.3) is 0 Å². The van der Waals surface area contributed by atoms with Crippen LogP contribution in [0.25, 0.3) is 10.9 Å². The smallest absolute Gasteiger partial charge is 0.305 e. The number of nitrogens with two attached hydrogens (primary N) is 1. The number of ether oxygens (including phenoxy) is 2. The Morgan fingerprint density at radius 2 is 2.16 bits per heavy atom. The first-order chi connectivity index (χ1) is 15.0. The summed E-state index contributed by atoms with van der Waals surface area (Å²) in [5.74, 6) is 4.19. The Kier molecular flexibility index (Phi) is 6.31. The molecule has 31 heavy (non-hydrogen) atoms. The van der Waals surface area contributed by atoms with Crippen LogP contribution < -0.4 is 11.3 Å². The minimum absolute atomic E-state index is 0.0116. The normalized spacial score (nSPS) is 25.5. The van der Waals surface area contributed by atoms with Gasteiger partial charge >= 0.3 is 5.97 Å². The average molecular weight is 430 g/mol. The van der Waals surface area contributed by atoms with E-state index in [9.17, 15) is 9.59 Å². The number of carboxylic acid groups (broad SMARTS) is 1. The average Bonchev–Trinajstić information content (AvgIpc) is 3.34. The lowest BCUT2D eigenvalue weighted by atomic mass is 9.83. The molecule has 0 spiro atoms. The maximum absolute atomic E-state index is 12.4. The molecule has 1 aromatic carbocycles. The van der Waals surface area contributed by atoms with Gasteiger partial charge in [-0.15, -0.1) is 0 Å². The third-order valence-corrected chi connectivity index (χ3v) is 6.91. The number of methoxy groups -OCH3 is 1. The number of benzene rings is 1. The summed E-state index contributed by atoms with van der Waals surface area (Å²) in [5.41, 5.74) is 6.15. The van der Waals surface area contributed by atoms with E-state index in [0.29, 0.717) is 6.42 Å². The van der Waals surface area contributed by atoms with E-state index in [1.165, 1.54) is 0 Å². The molecule has 1 aromatic heterocycles. The van der Waals surface area contributed by atoms with Gasteiger partial charge in [0, 0.05) is 30.1 Å². The number of carbonyl (C=O) groups is 2. The fourth-order valence-corrected chi connectivity index (χ4v) is 5.40. The predicted molar refractivity (Wildman–Crippen MR) is 116 cm³/mol. The molecule has 0 saturated heterocycles. The predicted octanol–water partition coefficient (Wildman–Crippen LogP) is 2.55. The molecule has 2 aliphatic carbocycles. The minimum atomic E-state index is -0.861. The van der Waals surface area contributed by atoms with E-state index in [2.05, 4.69) is 28.6 Å². The highest BCUT2D eigenvalue weighted by molar-refractivity contribution is 5.93. The van der Waals surface area contributed by atoms with Gasteiger partial charge in [-0.1, -0.05) is 6.07 Å². The van der Waals surface area contributed by atoms with Gasteiger partial charge < -0.3 is 19.6 Å². The summed E-state index contributed by atoms with van der Waals surface area (Å²) in [5, 5.41) is 9.98. The van der Waals surface area contributed by atoms with Crippen molar-refractivity contribution in [2.45, 2.75) is 69.0 Å². The molecule has 1 amide bonds. The van der Waals surface area contributed by atoms with Crippen LogP contribution >= 0.6 is 0 Å². The van der Waals surface area contributed by atoms with Crippen molar-refractivity contribution in [1.82, 2.24) is 10.4 Å². The lowest BCUT2D eigenvalue weighted by Gasteiger charge is -2.34. The molecule has 8 heteroatoms. The zero-order valence-corrected chi connectivity index (χ0v) is 17.9. The van der Waals surface area contributed by atoms with Gasteiger partial charge in [-0.05, 0) is 61.8 Å². The molecule has 168 valence electrons. The second-order valence-electron chi connectivity index (χ2n) is 8.69. The van der Waals surface area contributed by atoms with Crippen LogP contribution in [0.2, 0.25) is 0 Å². The van der Waals surface area contributed by atoms with Crippen molar-refractivity contribution in [2.75, 3.05) is 13.7 Å². The minimum Gasteiger partial charge on any atom is -0.481 e. The highest BCUT2D eigenvalue weighted by atomic mass is 16.5. The number of hydrogen-bond acceptors (Lipinski definition) is 5. The Morgan fingerprint density at radius 1 is 1.32 bits per heavy atom. The van der Waals surface area contributed by atoms with Gasteiger partial charge in [0.15, 0.2) is 0 Å². The molecule has 5 N–H and O–H groups in total. The van der Waals surface area contributed by atoms with Gasteiger partial charge in [-0.2, -0.15) is 0 Å². The van der Waals surface area contributed by atoms with Crippen LogP contribution in [0.1, 0.15) is 61.3 Å². The van der Waals surface area contributed by atoms with E-state index in [-0.39, 0.29) is 31.0 Å². The molecule has 2 aromatic rings. The van der Waals surface area contributed by atoms with Crippen molar-refractivity contribution in [1.29, 1.82) is 0 Å². The molecule has 0 aliphatic heterocycles. The lowest BCUT2D eigenvalue weighted by molar-refractivity contribution is -0.142. The first-order valence-electron chi connectivity index (χ1n) is 11.0. The van der Waals surface area contributed by atoms with Crippen LogP contribution in [0.15, 0.2) is 18.2 Å². The van der Waals surface area contributed by atoms with Crippen molar-refractivity contribution < 1.29 is 24.2 Å². The van der Waals surface area contributed by atoms with E-state index in [1.807, 2.05) is 0 Å². The molecule has 1 saturated carbocycles. The van der Waals surface area contributed by atoms with Gasteiger partial charge in [-0.3, -0.25) is 15.0 Å². The summed E-state index contributed by atoms with van der Waals surface area (Å²) in [7, 11) is 1.71. The van der Waals surface area contributed by atoms with E-state index >= 15 is 0 Å². The van der Waals surface area contributed by atoms with Gasteiger partial charge in [0.2, 0.25) is 5.91 Å². The first kappa shape index (κ1) is 21.8. The quantitative estimate of drug-likeness (QED) is 0.290. The Hall–Kier alpha value is -2.42. The molecule has 3 unspecified atom stereocenters. The van der Waals surface area contributed by atoms with E-state index in [1.54, 1.807) is 7.11 Å². The standard InChI is InChI=1S/C23H31N3O5/c1-30-23(10-3-6-19(23)31-11-9-20(27)28)13-14-7-8-17-16(12-14)21-15(22(29)26-24)4-2-5-18(21)25-17/h7-8,12,15,19,25H,2-6,9-11,13,24H2,1H3,(H,26,29)(H,27,28). The largest absolute Gasteiger partial charge is 0.481 e. The number of aromatic nitrogens is 1. The van der Waals surface area contributed by atoms with E-state index in [4.69, 9.17) is 20.4 Å². The number of aromatic amines is 1. The molecule has 0 radical (unpaired) electrons. The number of amides is 1. The third-order valence-electron chi connectivity index (χ3n) is 6.91. The van der Waals surface area contributed by atoms with Crippen LogP contribution in [0, 0.1) is 0 Å². The highest BCUT2D eigenvalue weighted by Crippen LogP contribution is 2.41. The number of hydrogen-bond donors (Lipinski definition) is 4. The fraction of sp³-hybridized carbons (Fsp3) is 0.565. The van der Waals surface area contributed by atoms with Crippen LogP contribution in [-0.4, -0.2) is 47.4 Å². The van der Waals surface area contributed by atoms with E-state index in [0.717, 1.165) is 66.2 Å². The molecule has 3 atom stereocenters. The highest BCUT2D eigenvalue weighted by Gasteiger charge is 2.44. The zero-order valence-electron chi connectivity index (χ0n) is 17.9. The monoisotopic (exact) mass is 429 g/mol. The van der Waals surface area contributed by atoms with Gasteiger partial charge in [-0.25, -0.2) is 5.84 Å². The van der Waals surface area contributed by atoms with E-state index < -0.39 is 11.6 Å². The molecule has 4 rings (SSSR count). The van der Waals surface area contributed by atoms with Crippen molar-refractivity contribution in [3.63, 3.8) is 0 Å². The maximum Gasteiger partial charge on any atom is 0.305 e. The number of aliphatic carboxylic acids is 1. The van der Waals surface area contributed by atoms with Crippen LogP contribution in [0.4, 0.5) is 0 Å². The lowest BCUT2D eigenvalue weighted by Crippen LogP contribution is -2.43. The SMILES string of the molecule is COC1(Cc2ccc3[nH]c4c(c3c2)C(C(=O)NN)CCC4)CCCC1OCCC(=O)O. The van der Waals surface area contributed by atoms with Crippen molar-refractivity contribution in [3.05, 3.63) is 35.0 Å². The molecule has 1 fully saturated rings. The first-order valence-corrected chi connectivity index (χ1v) is 11.0. The summed E-state index contributed by atoms with van der Waals surface area (Å²) in [6, 6.07) is 6.31. The van der Waals surface area contributed by atoms with Gasteiger partial charge in [0.05, 0.1) is 30.7 Å². The third kappa shape index (κ3) is 4.20. The molecular weight excluding hydrogens is 398 g/mol. The Morgan fingerprint density at radius 3 is 2.90 bits per heavy atom. The second-order valence-corrected chi connectivity index (χ2v) is 8.69. The summed E-state index contributed by atoms with van der Waals surface area (Å²) < 4.78 is 11.9. The molecule has 8 nitrogen and oxygen atoms in total. The Labute approximate surface area is 181 Å². The van der Waals surface area contributed by atoms with Crippen LogP contribution in [-0.2, 0) is 31.9 Å². The summed E-state index contributed by atoms with van der Waals surface area (Å²) in [6.07, 6.45) is 5.89.